The van der Waals surface area contributed by atoms with Gasteiger partial charge in [0.15, 0.2) is 0 Å². The Morgan fingerprint density at radius 1 is 1.05 bits per heavy atom. The molecule has 108 valence electrons. The highest BCUT2D eigenvalue weighted by atomic mass is 16.4. The number of carbonyl (C=O) groups is 1. The zero-order valence-corrected chi connectivity index (χ0v) is 11.1. The summed E-state index contributed by atoms with van der Waals surface area (Å²) in [6.45, 7) is 1.35. The van der Waals surface area contributed by atoms with Gasteiger partial charge in [0.05, 0.1) is 26.2 Å². The Labute approximate surface area is 113 Å². The number of aliphatic hydroxyl groups is 3. The van der Waals surface area contributed by atoms with Crippen LogP contribution in [-0.2, 0) is 11.2 Å². The number of hydrogen-bond donors (Lipinski definition) is 4. The summed E-state index contributed by atoms with van der Waals surface area (Å²) < 4.78 is 0. The van der Waals surface area contributed by atoms with Crippen molar-refractivity contribution in [2.24, 2.45) is 5.41 Å². The Morgan fingerprint density at radius 2 is 1.53 bits per heavy atom. The minimum absolute atomic E-state index is 0.112. The molecule has 0 saturated carbocycles. The molecule has 0 saturated heterocycles. The lowest BCUT2D eigenvalue weighted by Gasteiger charge is -2.24. The Kier molecular flexibility index (Phi) is 8.78. The Balaban J connectivity index is 0.000000344. The van der Waals surface area contributed by atoms with Gasteiger partial charge in [0.1, 0.15) is 0 Å². The third-order valence-corrected chi connectivity index (χ3v) is 2.95. The largest absolute Gasteiger partial charge is 0.481 e. The summed E-state index contributed by atoms with van der Waals surface area (Å²) in [5.74, 6) is -0.786. The van der Waals surface area contributed by atoms with Crippen molar-refractivity contribution < 1.29 is 25.2 Å². The van der Waals surface area contributed by atoms with Crippen LogP contribution in [-0.4, -0.2) is 46.2 Å². The Bertz CT molecular complexity index is 329. The van der Waals surface area contributed by atoms with E-state index in [0.29, 0.717) is 6.42 Å². The zero-order chi connectivity index (χ0) is 14.7. The lowest BCUT2D eigenvalue weighted by molar-refractivity contribution is -0.136. The van der Waals surface area contributed by atoms with E-state index in [4.69, 9.17) is 20.4 Å². The average Bonchev–Trinajstić information content (AvgIpc) is 2.43. The number of hydrogen-bond acceptors (Lipinski definition) is 4. The maximum absolute atomic E-state index is 10.2. The molecule has 5 nitrogen and oxygen atoms in total. The van der Waals surface area contributed by atoms with Crippen LogP contribution in [0.4, 0.5) is 0 Å². The van der Waals surface area contributed by atoms with Crippen LogP contribution in [0.2, 0.25) is 0 Å². The quantitative estimate of drug-likeness (QED) is 0.609. The first-order valence-corrected chi connectivity index (χ1v) is 6.12. The van der Waals surface area contributed by atoms with Crippen molar-refractivity contribution in [1.29, 1.82) is 0 Å². The minimum Gasteiger partial charge on any atom is -0.481 e. The van der Waals surface area contributed by atoms with Gasteiger partial charge in [-0.3, -0.25) is 4.79 Å². The fourth-order valence-corrected chi connectivity index (χ4v) is 1.26. The van der Waals surface area contributed by atoms with Gasteiger partial charge in [-0.2, -0.15) is 0 Å². The van der Waals surface area contributed by atoms with Gasteiger partial charge >= 0.3 is 5.97 Å². The summed E-state index contributed by atoms with van der Waals surface area (Å²) in [5.41, 5.74) is 0.176. The van der Waals surface area contributed by atoms with Gasteiger partial charge in [0, 0.05) is 5.41 Å². The van der Waals surface area contributed by atoms with Crippen molar-refractivity contribution in [2.45, 2.75) is 19.8 Å². The van der Waals surface area contributed by atoms with Gasteiger partial charge in [0.25, 0.3) is 0 Å². The van der Waals surface area contributed by atoms with Crippen LogP contribution >= 0.6 is 0 Å². The second-order valence-electron chi connectivity index (χ2n) is 4.38. The summed E-state index contributed by atoms with van der Waals surface area (Å²) in [7, 11) is 0. The van der Waals surface area contributed by atoms with Gasteiger partial charge < -0.3 is 20.4 Å². The monoisotopic (exact) mass is 270 g/mol. The van der Waals surface area contributed by atoms with Crippen molar-refractivity contribution >= 4 is 5.97 Å². The van der Waals surface area contributed by atoms with Gasteiger partial charge in [-0.15, -0.1) is 0 Å². The third kappa shape index (κ3) is 6.91. The van der Waals surface area contributed by atoms with Gasteiger partial charge in [-0.05, 0) is 12.0 Å². The van der Waals surface area contributed by atoms with Gasteiger partial charge in [-0.25, -0.2) is 0 Å². The number of rotatable bonds is 6. The lowest BCUT2D eigenvalue weighted by Crippen LogP contribution is -2.32. The maximum atomic E-state index is 10.2. The topological polar surface area (TPSA) is 98.0 Å². The molecule has 0 aromatic heterocycles. The Morgan fingerprint density at radius 3 is 1.79 bits per heavy atom. The second kappa shape index (κ2) is 9.49. The second-order valence-corrected chi connectivity index (χ2v) is 4.38. The lowest BCUT2D eigenvalue weighted by atomic mass is 9.88. The fourth-order valence-electron chi connectivity index (χ4n) is 1.26. The fraction of sp³-hybridized carbons (Fsp3) is 0.500. The molecule has 0 bridgehead atoms. The van der Waals surface area contributed by atoms with E-state index in [1.54, 1.807) is 12.1 Å². The molecule has 0 heterocycles. The molecule has 0 fully saturated rings. The van der Waals surface area contributed by atoms with Gasteiger partial charge in [-0.1, -0.05) is 37.3 Å². The average molecular weight is 270 g/mol. The van der Waals surface area contributed by atoms with Crippen molar-refractivity contribution in [1.82, 2.24) is 0 Å². The normalized spacial score (nSPS) is 10.5. The molecule has 0 aliphatic carbocycles. The van der Waals surface area contributed by atoms with Crippen LogP contribution in [0.15, 0.2) is 30.3 Å². The van der Waals surface area contributed by atoms with Crippen LogP contribution in [0.1, 0.15) is 18.9 Å². The van der Waals surface area contributed by atoms with E-state index in [1.165, 1.54) is 0 Å². The van der Waals surface area contributed by atoms with Crippen LogP contribution in [0.3, 0.4) is 0 Å². The third-order valence-electron chi connectivity index (χ3n) is 2.95. The van der Waals surface area contributed by atoms with Crippen molar-refractivity contribution in [3.63, 3.8) is 0 Å². The zero-order valence-electron chi connectivity index (χ0n) is 11.1. The smallest absolute Gasteiger partial charge is 0.307 e. The molecule has 0 atom stereocenters. The molecule has 0 unspecified atom stereocenters. The standard InChI is InChI=1S/C8H8O2.C6H14O3/c9-8(10)6-7-4-2-1-3-5-7;1-2-6(3-7,4-8)5-9/h1-5H,6H2,(H,9,10);7-9H,2-5H2,1H3. The highest BCUT2D eigenvalue weighted by Crippen LogP contribution is 2.18. The van der Waals surface area contributed by atoms with Crippen LogP contribution < -0.4 is 0 Å². The number of aliphatic hydroxyl groups excluding tert-OH is 3. The molecule has 1 aromatic carbocycles. The maximum Gasteiger partial charge on any atom is 0.307 e. The predicted octanol–water partition coefficient (Wildman–Crippen LogP) is 0.673. The van der Waals surface area contributed by atoms with Crippen LogP contribution in [0.5, 0.6) is 0 Å². The number of benzene rings is 1. The molecule has 0 aliphatic rings. The highest BCUT2D eigenvalue weighted by Gasteiger charge is 2.24. The minimum atomic E-state index is -0.786. The summed E-state index contributed by atoms with van der Waals surface area (Å²) in [5, 5.41) is 34.3. The van der Waals surface area contributed by atoms with E-state index in [-0.39, 0.29) is 26.2 Å². The summed E-state index contributed by atoms with van der Waals surface area (Å²) in [6, 6.07) is 9.13. The Hall–Kier alpha value is -1.43. The molecule has 19 heavy (non-hydrogen) atoms. The SMILES string of the molecule is CCC(CO)(CO)CO.O=C(O)Cc1ccccc1. The summed E-state index contributed by atoms with van der Waals surface area (Å²) in [4.78, 5) is 10.2. The first-order chi connectivity index (χ1) is 9.03. The number of aliphatic carboxylic acids is 1. The molecule has 5 heteroatoms. The molecule has 4 N–H and O–H groups in total. The summed E-state index contributed by atoms with van der Waals surface area (Å²) >= 11 is 0. The first-order valence-electron chi connectivity index (χ1n) is 6.12. The van der Waals surface area contributed by atoms with Crippen molar-refractivity contribution in [3.8, 4) is 0 Å². The van der Waals surface area contributed by atoms with Crippen LogP contribution in [0.25, 0.3) is 0 Å². The predicted molar refractivity (Wildman–Crippen MR) is 71.8 cm³/mol. The van der Waals surface area contributed by atoms with Crippen LogP contribution in [0, 0.1) is 5.41 Å². The molecule has 0 radical (unpaired) electrons. The summed E-state index contributed by atoms with van der Waals surface area (Å²) in [6.07, 6.45) is 0.706. The van der Waals surface area contributed by atoms with Crippen molar-refractivity contribution in [2.75, 3.05) is 19.8 Å². The van der Waals surface area contributed by atoms with Crippen molar-refractivity contribution in [3.05, 3.63) is 35.9 Å². The van der Waals surface area contributed by atoms with E-state index in [2.05, 4.69) is 0 Å². The van der Waals surface area contributed by atoms with E-state index >= 15 is 0 Å². The van der Waals surface area contributed by atoms with E-state index in [0.717, 1.165) is 5.56 Å². The molecule has 1 rings (SSSR count). The number of carboxylic acid groups (broad SMARTS) is 1. The number of carboxylic acids is 1. The molecule has 0 spiro atoms. The molecule has 0 amide bonds. The molecular formula is C14H22O5. The van der Waals surface area contributed by atoms with E-state index in [1.807, 2.05) is 25.1 Å². The molecular weight excluding hydrogens is 248 g/mol. The van der Waals surface area contributed by atoms with E-state index < -0.39 is 11.4 Å². The van der Waals surface area contributed by atoms with Gasteiger partial charge in [0.2, 0.25) is 0 Å². The highest BCUT2D eigenvalue weighted by molar-refractivity contribution is 5.70. The first kappa shape index (κ1) is 17.6. The molecule has 1 aromatic rings. The van der Waals surface area contributed by atoms with E-state index in [9.17, 15) is 4.79 Å². The molecule has 0 aliphatic heterocycles.